The summed E-state index contributed by atoms with van der Waals surface area (Å²) in [6, 6.07) is 8.04. The average Bonchev–Trinajstić information content (AvgIpc) is 3.57. The molecule has 5 rings (SSSR count). The smallest absolute Gasteiger partial charge is 0.425 e. The first-order chi connectivity index (χ1) is 23.6. The molecule has 0 aliphatic carbocycles. The number of alkyl halides is 6. The van der Waals surface area contributed by atoms with Crippen LogP contribution in [0.4, 0.5) is 26.3 Å². The Morgan fingerprint density at radius 2 is 1.78 bits per heavy atom. The molecule has 0 saturated carbocycles. The lowest BCUT2D eigenvalue weighted by Gasteiger charge is -2.51. The number of aliphatic hydroxyl groups excluding tert-OH is 1. The van der Waals surface area contributed by atoms with Gasteiger partial charge in [-0.2, -0.15) is 26.3 Å². The highest BCUT2D eigenvalue weighted by Crippen LogP contribution is 2.43. The molecule has 8 nitrogen and oxygen atoms in total. The van der Waals surface area contributed by atoms with Gasteiger partial charge in [0, 0.05) is 62.0 Å². The third-order valence-electron chi connectivity index (χ3n) is 9.66. The highest BCUT2D eigenvalue weighted by atomic mass is 32.1. The lowest BCUT2D eigenvalue weighted by Crippen LogP contribution is -2.69. The van der Waals surface area contributed by atoms with E-state index in [-0.39, 0.29) is 51.3 Å². The first-order valence-corrected chi connectivity index (χ1v) is 17.5. The van der Waals surface area contributed by atoms with E-state index < -0.39 is 57.4 Å². The summed E-state index contributed by atoms with van der Waals surface area (Å²) >= 11 is 0.398. The zero-order valence-corrected chi connectivity index (χ0v) is 28.3. The molecule has 2 fully saturated rings. The Hall–Kier alpha value is -3.69. The lowest BCUT2D eigenvalue weighted by molar-refractivity contribution is -0.161. The van der Waals surface area contributed by atoms with Crippen molar-refractivity contribution in [3.05, 3.63) is 81.3 Å². The van der Waals surface area contributed by atoms with E-state index in [0.717, 1.165) is 35.0 Å². The molecule has 1 aromatic carbocycles. The van der Waals surface area contributed by atoms with Crippen LogP contribution in [0.5, 0.6) is 5.75 Å². The van der Waals surface area contributed by atoms with Crippen molar-refractivity contribution in [2.75, 3.05) is 26.2 Å². The van der Waals surface area contributed by atoms with Crippen LogP contribution in [0, 0.1) is 0 Å². The first kappa shape index (κ1) is 37.6. The zero-order chi connectivity index (χ0) is 36.3. The standard InChI is InChI=1S/C35H40F6N4O4S/c1-2-7-28-33(49-24-20-29(50-22-24)35(39,40)41,12-6-16-45(28)30(47)25-21-43-15-11-27(25)34(36,37)38)31(48)44-17-13-32(42,14-18-44)26-10-4-3-8-23(26)9-5-19-46/h3-4,8,10-11,15,20-22,28,46H,2,5-7,9,12-14,16-19,42H2,1H3/t28-,33+/m1/s1. The van der Waals surface area contributed by atoms with Crippen LogP contribution >= 0.6 is 11.3 Å². The maximum Gasteiger partial charge on any atom is 0.425 e. The molecule has 3 N–H and O–H groups in total. The SMILES string of the molecule is CCC[C@H]1N(C(=O)c2cnccc2C(F)(F)F)CCC[C@@]1(Oc1csc(C(F)(F)F)c1)C(=O)N1CCC(N)(c2ccccc2CCCO)CC1. The number of amides is 2. The molecule has 2 aliphatic rings. The number of pyridine rings is 1. The summed E-state index contributed by atoms with van der Waals surface area (Å²) < 4.78 is 89.2. The largest absolute Gasteiger partial charge is 0.474 e. The average molecular weight is 727 g/mol. The van der Waals surface area contributed by atoms with Gasteiger partial charge >= 0.3 is 12.4 Å². The molecule has 0 unspecified atom stereocenters. The van der Waals surface area contributed by atoms with Gasteiger partial charge in [0.25, 0.3) is 11.8 Å². The van der Waals surface area contributed by atoms with Crippen LogP contribution in [0.15, 0.2) is 54.2 Å². The predicted molar refractivity (Wildman–Crippen MR) is 174 cm³/mol. The molecule has 2 aliphatic heterocycles. The minimum Gasteiger partial charge on any atom is -0.474 e. The van der Waals surface area contributed by atoms with Crippen molar-refractivity contribution in [2.45, 2.75) is 87.8 Å². The van der Waals surface area contributed by atoms with Crippen LogP contribution in [-0.4, -0.2) is 69.6 Å². The summed E-state index contributed by atoms with van der Waals surface area (Å²) in [5.41, 5.74) is 4.26. The van der Waals surface area contributed by atoms with Crippen molar-refractivity contribution in [1.82, 2.24) is 14.8 Å². The number of likely N-dealkylation sites (tertiary alicyclic amines) is 2. The van der Waals surface area contributed by atoms with Gasteiger partial charge in [-0.3, -0.25) is 14.6 Å². The van der Waals surface area contributed by atoms with E-state index in [1.54, 1.807) is 11.8 Å². The van der Waals surface area contributed by atoms with Gasteiger partial charge in [0.05, 0.1) is 17.2 Å². The Kier molecular flexibility index (Phi) is 11.2. The van der Waals surface area contributed by atoms with E-state index in [9.17, 15) is 41.0 Å². The van der Waals surface area contributed by atoms with E-state index in [1.807, 2.05) is 24.3 Å². The van der Waals surface area contributed by atoms with E-state index >= 15 is 0 Å². The number of piperidine rings is 2. The number of nitrogens with two attached hydrogens (primary N) is 1. The summed E-state index contributed by atoms with van der Waals surface area (Å²) in [7, 11) is 0. The van der Waals surface area contributed by atoms with E-state index in [0.29, 0.717) is 49.5 Å². The minimum absolute atomic E-state index is 0.00204. The van der Waals surface area contributed by atoms with Crippen LogP contribution in [0.3, 0.4) is 0 Å². The zero-order valence-electron chi connectivity index (χ0n) is 27.5. The van der Waals surface area contributed by atoms with Gasteiger partial charge in [0.2, 0.25) is 5.60 Å². The summed E-state index contributed by atoms with van der Waals surface area (Å²) in [5.74, 6) is -1.78. The number of hydrogen-bond acceptors (Lipinski definition) is 7. The van der Waals surface area contributed by atoms with Gasteiger partial charge in [-0.1, -0.05) is 37.6 Å². The topological polar surface area (TPSA) is 109 Å². The lowest BCUT2D eigenvalue weighted by atomic mass is 9.76. The Labute approximate surface area is 290 Å². The second-order valence-electron chi connectivity index (χ2n) is 12.9. The van der Waals surface area contributed by atoms with Crippen LogP contribution in [-0.2, 0) is 29.1 Å². The summed E-state index contributed by atoms with van der Waals surface area (Å²) in [6.45, 7) is 2.13. The number of carbonyl (C=O) groups is 2. The van der Waals surface area contributed by atoms with Gasteiger partial charge in [0.1, 0.15) is 10.6 Å². The highest BCUT2D eigenvalue weighted by molar-refractivity contribution is 7.10. The number of aryl methyl sites for hydroxylation is 1. The van der Waals surface area contributed by atoms with Gasteiger partial charge in [-0.25, -0.2) is 0 Å². The number of ether oxygens (including phenoxy) is 1. The quantitative estimate of drug-likeness (QED) is 0.223. The number of hydrogen-bond donors (Lipinski definition) is 2. The van der Waals surface area contributed by atoms with Crippen molar-refractivity contribution in [3.8, 4) is 5.75 Å². The number of aliphatic hydroxyl groups is 1. The first-order valence-electron chi connectivity index (χ1n) is 16.6. The van der Waals surface area contributed by atoms with Crippen LogP contribution in [0.25, 0.3) is 0 Å². The number of rotatable bonds is 10. The Bertz CT molecular complexity index is 1660. The van der Waals surface area contributed by atoms with Crippen molar-refractivity contribution < 1.29 is 45.8 Å². The normalized spacial score (nSPS) is 21.3. The predicted octanol–water partition coefficient (Wildman–Crippen LogP) is 6.80. The third-order valence-corrected chi connectivity index (χ3v) is 10.6. The molecule has 0 radical (unpaired) electrons. The van der Waals surface area contributed by atoms with Gasteiger partial charge < -0.3 is 25.4 Å². The molecule has 2 amide bonds. The van der Waals surface area contributed by atoms with Crippen LogP contribution in [0.1, 0.15) is 83.8 Å². The number of aromatic nitrogens is 1. The number of halogens is 6. The van der Waals surface area contributed by atoms with Gasteiger partial charge in [-0.05, 0) is 55.7 Å². The summed E-state index contributed by atoms with van der Waals surface area (Å²) in [4.78, 5) is 34.4. The number of carbonyl (C=O) groups excluding carboxylic acids is 2. The van der Waals surface area contributed by atoms with Crippen molar-refractivity contribution in [1.29, 1.82) is 0 Å². The molecule has 272 valence electrons. The van der Waals surface area contributed by atoms with Crippen LogP contribution in [0.2, 0.25) is 0 Å². The van der Waals surface area contributed by atoms with Gasteiger partial charge in [0.15, 0.2) is 0 Å². The maximum absolute atomic E-state index is 14.8. The van der Waals surface area contributed by atoms with Crippen molar-refractivity contribution in [3.63, 3.8) is 0 Å². The van der Waals surface area contributed by atoms with Crippen molar-refractivity contribution in [2.24, 2.45) is 5.73 Å². The Balaban J connectivity index is 1.52. The Morgan fingerprint density at radius 3 is 2.42 bits per heavy atom. The number of nitrogens with zero attached hydrogens (tertiary/aromatic N) is 3. The molecule has 0 bridgehead atoms. The molecule has 0 spiro atoms. The third kappa shape index (κ3) is 7.64. The molecule has 50 heavy (non-hydrogen) atoms. The van der Waals surface area contributed by atoms with Crippen LogP contribution < -0.4 is 10.5 Å². The number of thiophene rings is 1. The second kappa shape index (κ2) is 14.9. The monoisotopic (exact) mass is 726 g/mol. The van der Waals surface area contributed by atoms with Gasteiger partial charge in [-0.15, -0.1) is 11.3 Å². The molecule has 2 atom stereocenters. The van der Waals surface area contributed by atoms with E-state index in [2.05, 4.69) is 4.98 Å². The number of benzene rings is 1. The molecule has 4 heterocycles. The Morgan fingerprint density at radius 1 is 1.06 bits per heavy atom. The molecule has 2 aromatic heterocycles. The molecule has 2 saturated heterocycles. The molecular weight excluding hydrogens is 686 g/mol. The molecule has 3 aromatic rings. The van der Waals surface area contributed by atoms with Crippen molar-refractivity contribution >= 4 is 23.2 Å². The minimum atomic E-state index is -4.86. The fourth-order valence-corrected chi connectivity index (χ4v) is 7.92. The van der Waals surface area contributed by atoms with E-state index in [1.165, 1.54) is 4.90 Å². The summed E-state index contributed by atoms with van der Waals surface area (Å²) in [5, 5.41) is 10.5. The maximum atomic E-state index is 14.8. The molecular formula is C35H40F6N4O4S. The fourth-order valence-electron chi connectivity index (χ4n) is 7.24. The van der Waals surface area contributed by atoms with E-state index in [4.69, 9.17) is 10.5 Å². The second-order valence-corrected chi connectivity index (χ2v) is 13.8. The molecule has 15 heteroatoms. The fraction of sp³-hybridized carbons (Fsp3) is 0.514. The summed E-state index contributed by atoms with van der Waals surface area (Å²) in [6.07, 6.45) is -5.24. The highest BCUT2D eigenvalue weighted by Gasteiger charge is 2.56.